The summed E-state index contributed by atoms with van der Waals surface area (Å²) in [6, 6.07) is 75.6. The highest BCUT2D eigenvalue weighted by Crippen LogP contribution is 2.40. The Morgan fingerprint density at radius 1 is 0.373 bits per heavy atom. The van der Waals surface area contributed by atoms with Crippen LogP contribution >= 0.6 is 0 Å². The molecule has 0 N–H and O–H groups in total. The number of aryl methyl sites for hydroxylation is 1. The molecule has 0 saturated heterocycles. The van der Waals surface area contributed by atoms with Crippen molar-refractivity contribution in [2.24, 2.45) is 0 Å². The zero-order valence-electron chi connectivity index (χ0n) is 33.2. The maximum absolute atomic E-state index is 2.40. The lowest BCUT2D eigenvalue weighted by Gasteiger charge is -2.16. The van der Waals surface area contributed by atoms with E-state index in [1.54, 1.807) is 0 Å². The minimum Gasteiger partial charge on any atom is -0.309 e. The lowest BCUT2D eigenvalue weighted by Crippen LogP contribution is -1.94. The highest BCUT2D eigenvalue weighted by atomic mass is 15.0. The van der Waals surface area contributed by atoms with Gasteiger partial charge >= 0.3 is 0 Å². The van der Waals surface area contributed by atoms with E-state index >= 15 is 0 Å². The third kappa shape index (κ3) is 5.94. The number of para-hydroxylation sites is 1. The van der Waals surface area contributed by atoms with Gasteiger partial charge in [0, 0.05) is 16.5 Å². The van der Waals surface area contributed by atoms with Gasteiger partial charge in [0.2, 0.25) is 0 Å². The van der Waals surface area contributed by atoms with Crippen LogP contribution in [0.4, 0.5) is 0 Å². The Kier molecular flexibility index (Phi) is 8.34. The van der Waals surface area contributed by atoms with Gasteiger partial charge in [-0.3, -0.25) is 0 Å². The number of benzene rings is 10. The van der Waals surface area contributed by atoms with Gasteiger partial charge in [-0.1, -0.05) is 170 Å². The normalized spacial score (nSPS) is 12.0. The number of fused-ring (bicyclic) bond motifs is 9. The fourth-order valence-electron chi connectivity index (χ4n) is 9.37. The summed E-state index contributed by atoms with van der Waals surface area (Å²) < 4.78 is 2.40. The SMILES string of the molecule is C/C(=C/c1ccc2c3ccccc3c3ccccc3c2c1)c1ccc(-c2ccc3c(c2)c2ccccc2n3-c2ccc(-c3ccccc3)cc2)cc1-c1ccccc1C. The third-order valence-corrected chi connectivity index (χ3v) is 12.3. The highest BCUT2D eigenvalue weighted by Gasteiger charge is 2.16. The van der Waals surface area contributed by atoms with Crippen molar-refractivity contribution in [2.45, 2.75) is 13.8 Å². The van der Waals surface area contributed by atoms with Gasteiger partial charge in [0.15, 0.2) is 0 Å². The summed E-state index contributed by atoms with van der Waals surface area (Å²) in [5.41, 5.74) is 15.9. The van der Waals surface area contributed by atoms with Crippen LogP contribution in [0.5, 0.6) is 0 Å². The second-order valence-electron chi connectivity index (χ2n) is 15.8. The topological polar surface area (TPSA) is 4.93 Å². The van der Waals surface area contributed by atoms with E-state index in [-0.39, 0.29) is 0 Å². The van der Waals surface area contributed by atoms with Crippen LogP contribution in [0.3, 0.4) is 0 Å². The van der Waals surface area contributed by atoms with E-state index < -0.39 is 0 Å². The molecule has 0 atom stereocenters. The average molecular weight is 752 g/mol. The molecule has 0 aliphatic carbocycles. The minimum absolute atomic E-state index is 1.16. The second-order valence-corrected chi connectivity index (χ2v) is 15.8. The molecule has 1 heteroatoms. The average Bonchev–Trinajstić information content (AvgIpc) is 3.63. The largest absolute Gasteiger partial charge is 0.309 e. The summed E-state index contributed by atoms with van der Waals surface area (Å²) in [4.78, 5) is 0. The Balaban J connectivity index is 1.02. The Morgan fingerprint density at radius 3 is 1.64 bits per heavy atom. The van der Waals surface area contributed by atoms with Crippen LogP contribution in [0, 0.1) is 6.92 Å². The summed E-state index contributed by atoms with van der Waals surface area (Å²) in [5, 5.41) is 10.3. The van der Waals surface area contributed by atoms with Crippen molar-refractivity contribution < 1.29 is 0 Å². The zero-order valence-corrected chi connectivity index (χ0v) is 33.2. The lowest BCUT2D eigenvalue weighted by molar-refractivity contribution is 1.18. The van der Waals surface area contributed by atoms with Crippen LogP contribution < -0.4 is 0 Å². The molecular weight excluding hydrogens is 711 g/mol. The van der Waals surface area contributed by atoms with E-state index in [1.165, 1.54) is 110 Å². The molecule has 0 spiro atoms. The van der Waals surface area contributed by atoms with Gasteiger partial charge in [0.05, 0.1) is 11.0 Å². The Labute approximate surface area is 344 Å². The van der Waals surface area contributed by atoms with Crippen LogP contribution in [-0.2, 0) is 0 Å². The van der Waals surface area contributed by atoms with Gasteiger partial charge < -0.3 is 4.57 Å². The van der Waals surface area contributed by atoms with Crippen molar-refractivity contribution in [2.75, 3.05) is 0 Å². The molecule has 59 heavy (non-hydrogen) atoms. The lowest BCUT2D eigenvalue weighted by atomic mass is 9.88. The first-order valence-corrected chi connectivity index (χ1v) is 20.5. The Morgan fingerprint density at radius 2 is 0.915 bits per heavy atom. The summed E-state index contributed by atoms with van der Waals surface area (Å²) in [5.74, 6) is 0. The molecule has 0 unspecified atom stereocenters. The predicted octanol–water partition coefficient (Wildman–Crippen LogP) is 16.1. The number of rotatable bonds is 6. The van der Waals surface area contributed by atoms with E-state index in [1.807, 2.05) is 0 Å². The first-order valence-electron chi connectivity index (χ1n) is 20.5. The van der Waals surface area contributed by atoms with E-state index in [0.29, 0.717) is 0 Å². The molecule has 1 aromatic heterocycles. The fraction of sp³-hybridized carbons (Fsp3) is 0.0345. The van der Waals surface area contributed by atoms with Gasteiger partial charge in [-0.25, -0.2) is 0 Å². The number of hydrogen-bond acceptors (Lipinski definition) is 0. The monoisotopic (exact) mass is 751 g/mol. The second kappa shape index (κ2) is 14.2. The van der Waals surface area contributed by atoms with Gasteiger partial charge in [-0.15, -0.1) is 0 Å². The molecule has 0 bridgehead atoms. The van der Waals surface area contributed by atoms with Gasteiger partial charge in [0.1, 0.15) is 0 Å². The smallest absolute Gasteiger partial charge is 0.0541 e. The summed E-state index contributed by atoms with van der Waals surface area (Å²) in [6.45, 7) is 4.48. The molecule has 0 fully saturated rings. The standard InChI is InChI=1S/C58H41N/c1-38-14-6-7-17-46(38)55-36-43(27-32-47(55)39(2)34-40-24-31-52-50-20-9-8-18-48(50)49-19-10-11-21-51(49)54(52)35-40)44-28-33-58-56(37-44)53-22-12-13-23-57(53)59(58)45-29-25-42(26-30-45)41-15-4-3-5-16-41/h3-37H,1-2H3/b39-34-. The zero-order chi connectivity index (χ0) is 39.5. The van der Waals surface area contributed by atoms with Crippen molar-refractivity contribution in [1.29, 1.82) is 0 Å². The molecule has 0 aliphatic heterocycles. The predicted molar refractivity (Wildman–Crippen MR) is 254 cm³/mol. The molecule has 0 radical (unpaired) electrons. The highest BCUT2D eigenvalue weighted by molar-refractivity contribution is 6.25. The van der Waals surface area contributed by atoms with Crippen LogP contribution in [-0.4, -0.2) is 4.57 Å². The first kappa shape index (κ1) is 34.7. The first-order chi connectivity index (χ1) is 29.1. The third-order valence-electron chi connectivity index (χ3n) is 12.3. The fourth-order valence-corrected chi connectivity index (χ4v) is 9.37. The summed E-state index contributed by atoms with van der Waals surface area (Å²) in [6.07, 6.45) is 2.35. The van der Waals surface area contributed by atoms with E-state index in [4.69, 9.17) is 0 Å². The number of allylic oxidation sites excluding steroid dienone is 1. The minimum atomic E-state index is 1.16. The van der Waals surface area contributed by atoms with E-state index in [0.717, 1.165) is 5.69 Å². The molecule has 0 aliphatic rings. The van der Waals surface area contributed by atoms with Crippen molar-refractivity contribution in [3.8, 4) is 39.1 Å². The Bertz CT molecular complexity index is 3400. The van der Waals surface area contributed by atoms with Gasteiger partial charge in [-0.05, 0) is 144 Å². The molecule has 11 rings (SSSR count). The molecule has 278 valence electrons. The van der Waals surface area contributed by atoms with Gasteiger partial charge in [-0.2, -0.15) is 0 Å². The van der Waals surface area contributed by atoms with Crippen molar-refractivity contribution in [1.82, 2.24) is 4.57 Å². The number of aromatic nitrogens is 1. The summed E-state index contributed by atoms with van der Waals surface area (Å²) in [7, 11) is 0. The van der Waals surface area contributed by atoms with Crippen molar-refractivity contribution in [3.63, 3.8) is 0 Å². The molecule has 0 amide bonds. The summed E-state index contributed by atoms with van der Waals surface area (Å²) >= 11 is 0. The molecule has 11 aromatic rings. The maximum Gasteiger partial charge on any atom is 0.0541 e. The quantitative estimate of drug-likeness (QED) is 0.118. The molecule has 10 aromatic carbocycles. The maximum atomic E-state index is 2.40. The van der Waals surface area contributed by atoms with Crippen molar-refractivity contribution >= 4 is 65.8 Å². The molecule has 0 saturated carbocycles. The number of nitrogens with zero attached hydrogens (tertiary/aromatic N) is 1. The van der Waals surface area contributed by atoms with Gasteiger partial charge in [0.25, 0.3) is 0 Å². The van der Waals surface area contributed by atoms with E-state index in [2.05, 4.69) is 231 Å². The van der Waals surface area contributed by atoms with Crippen molar-refractivity contribution in [3.05, 3.63) is 223 Å². The Hall–Kier alpha value is -7.48. The van der Waals surface area contributed by atoms with Crippen LogP contribution in [0.1, 0.15) is 23.6 Å². The molecule has 1 heterocycles. The van der Waals surface area contributed by atoms with Crippen LogP contribution in [0.15, 0.2) is 206 Å². The number of hydrogen-bond donors (Lipinski definition) is 0. The molecule has 1 nitrogen and oxygen atoms in total. The van der Waals surface area contributed by atoms with Crippen LogP contribution in [0.25, 0.3) is 105 Å². The van der Waals surface area contributed by atoms with Crippen LogP contribution in [0.2, 0.25) is 0 Å². The van der Waals surface area contributed by atoms with E-state index in [9.17, 15) is 0 Å². The molecular formula is C58H41N.